The van der Waals surface area contributed by atoms with Gasteiger partial charge >= 0.3 is 0 Å². The first-order valence-corrected chi connectivity index (χ1v) is 15.0. The maximum Gasteiger partial charge on any atom is 0.269 e. The van der Waals surface area contributed by atoms with Gasteiger partial charge in [-0.2, -0.15) is 4.31 Å². The summed E-state index contributed by atoms with van der Waals surface area (Å²) in [6.07, 6.45) is 0. The minimum Gasteiger partial charge on any atom is -0.504 e. The number of anilines is 1. The summed E-state index contributed by atoms with van der Waals surface area (Å²) in [5, 5.41) is 35.5. The summed E-state index contributed by atoms with van der Waals surface area (Å²) in [5.41, 5.74) is 1.63. The molecule has 1 saturated heterocycles. The van der Waals surface area contributed by atoms with Gasteiger partial charge in [-0.1, -0.05) is 18.2 Å². The lowest BCUT2D eigenvalue weighted by Crippen LogP contribution is -2.51. The maximum atomic E-state index is 13.8. The van der Waals surface area contributed by atoms with Gasteiger partial charge in [-0.05, 0) is 54.0 Å². The highest BCUT2D eigenvalue weighted by Crippen LogP contribution is 2.41. The van der Waals surface area contributed by atoms with E-state index in [9.17, 15) is 28.7 Å². The monoisotopic (exact) mass is 612 g/mol. The number of hydrogen-bond acceptors (Lipinski definition) is 9. The second-order valence-corrected chi connectivity index (χ2v) is 12.4. The van der Waals surface area contributed by atoms with Crippen molar-refractivity contribution >= 4 is 50.1 Å². The van der Waals surface area contributed by atoms with Crippen LogP contribution in [-0.4, -0.2) is 64.1 Å². The molecule has 0 spiro atoms. The topological polar surface area (TPSA) is 145 Å². The van der Waals surface area contributed by atoms with E-state index >= 15 is 0 Å². The molecule has 1 aliphatic heterocycles. The Morgan fingerprint density at radius 3 is 2.34 bits per heavy atom. The summed E-state index contributed by atoms with van der Waals surface area (Å²) < 4.78 is 35.1. The molecule has 0 atom stereocenters. The van der Waals surface area contributed by atoms with Crippen molar-refractivity contribution in [3.63, 3.8) is 0 Å². The maximum absolute atomic E-state index is 13.8. The Morgan fingerprint density at radius 1 is 0.951 bits per heavy atom. The Balaban J connectivity index is 1.29. The SMILES string of the molecule is O=[N+]([O-])c1ccc(NC(=S)N2CCN(S(=O)(=O)c3sccc3-c3ccccc3Oc3ccc(O)c(O)c3)CC2)cc1. The molecule has 41 heavy (non-hydrogen) atoms. The molecule has 1 fully saturated rings. The molecule has 0 saturated carbocycles. The Kier molecular flexibility index (Phi) is 8.08. The Hall–Kier alpha value is -4.24. The Morgan fingerprint density at radius 2 is 1.66 bits per heavy atom. The molecule has 11 nitrogen and oxygen atoms in total. The van der Waals surface area contributed by atoms with Gasteiger partial charge in [-0.3, -0.25) is 10.1 Å². The van der Waals surface area contributed by atoms with Crippen LogP contribution in [-0.2, 0) is 10.0 Å². The zero-order chi connectivity index (χ0) is 29.1. The fourth-order valence-corrected chi connectivity index (χ4v) is 7.52. The number of phenols is 2. The number of para-hydroxylation sites is 1. The molecular weight excluding hydrogens is 589 g/mol. The summed E-state index contributed by atoms with van der Waals surface area (Å²) in [6, 6.07) is 18.7. The van der Waals surface area contributed by atoms with Crippen LogP contribution in [0.2, 0.25) is 0 Å². The van der Waals surface area contributed by atoms with Gasteiger partial charge < -0.3 is 25.2 Å². The van der Waals surface area contributed by atoms with Crippen molar-refractivity contribution < 1.29 is 28.3 Å². The summed E-state index contributed by atoms with van der Waals surface area (Å²) in [7, 11) is -3.85. The molecule has 3 aromatic carbocycles. The minimum atomic E-state index is -3.85. The molecule has 14 heteroatoms. The predicted molar refractivity (Wildman–Crippen MR) is 159 cm³/mol. The number of aromatic hydroxyl groups is 2. The van der Waals surface area contributed by atoms with E-state index in [1.165, 1.54) is 34.6 Å². The molecule has 0 aliphatic carbocycles. The van der Waals surface area contributed by atoms with E-state index in [1.54, 1.807) is 47.8 Å². The molecule has 3 N–H and O–H groups in total. The molecule has 1 aliphatic rings. The second kappa shape index (κ2) is 11.7. The Labute approximate surface area is 245 Å². The molecule has 0 amide bonds. The third-order valence-electron chi connectivity index (χ3n) is 6.41. The number of thiophene rings is 1. The largest absolute Gasteiger partial charge is 0.504 e. The number of nitro benzene ring substituents is 1. The number of nitrogens with zero attached hydrogens (tertiary/aromatic N) is 3. The molecule has 0 radical (unpaired) electrons. The van der Waals surface area contributed by atoms with Gasteiger partial charge in [0.1, 0.15) is 15.7 Å². The number of ether oxygens (including phenoxy) is 1. The van der Waals surface area contributed by atoms with Crippen molar-refractivity contribution in [1.29, 1.82) is 0 Å². The minimum absolute atomic E-state index is 0.0259. The lowest BCUT2D eigenvalue weighted by atomic mass is 10.1. The highest BCUT2D eigenvalue weighted by Gasteiger charge is 2.33. The fraction of sp³-hybridized carbons (Fsp3) is 0.148. The predicted octanol–water partition coefficient (Wildman–Crippen LogP) is 5.23. The summed E-state index contributed by atoms with van der Waals surface area (Å²) in [4.78, 5) is 12.2. The first kappa shape index (κ1) is 28.3. The molecular formula is C27H24N4O7S3. The zero-order valence-electron chi connectivity index (χ0n) is 21.3. The third-order valence-corrected chi connectivity index (χ3v) is 10.1. The highest BCUT2D eigenvalue weighted by atomic mass is 32.2. The molecule has 212 valence electrons. The number of piperazine rings is 1. The second-order valence-electron chi connectivity index (χ2n) is 9.00. The van der Waals surface area contributed by atoms with Crippen molar-refractivity contribution in [2.45, 2.75) is 4.21 Å². The quantitative estimate of drug-likeness (QED) is 0.110. The third kappa shape index (κ3) is 6.10. The number of sulfonamides is 1. The van der Waals surface area contributed by atoms with Gasteiger partial charge in [0.05, 0.1) is 4.92 Å². The van der Waals surface area contributed by atoms with Gasteiger partial charge in [0, 0.05) is 61.2 Å². The normalized spacial score (nSPS) is 14.0. The molecule has 1 aromatic heterocycles. The van der Waals surface area contributed by atoms with Crippen LogP contribution in [0.15, 0.2) is 82.4 Å². The average molecular weight is 613 g/mol. The van der Waals surface area contributed by atoms with E-state index in [0.29, 0.717) is 40.8 Å². The lowest BCUT2D eigenvalue weighted by Gasteiger charge is -2.35. The van der Waals surface area contributed by atoms with Gasteiger partial charge in [-0.15, -0.1) is 11.3 Å². The van der Waals surface area contributed by atoms with E-state index < -0.39 is 14.9 Å². The lowest BCUT2D eigenvalue weighted by molar-refractivity contribution is -0.384. The van der Waals surface area contributed by atoms with Crippen LogP contribution in [0.1, 0.15) is 0 Å². The number of nitrogens with one attached hydrogen (secondary N) is 1. The first-order valence-electron chi connectivity index (χ1n) is 12.3. The molecule has 0 unspecified atom stereocenters. The van der Waals surface area contributed by atoms with Crippen LogP contribution < -0.4 is 10.1 Å². The molecule has 4 aromatic rings. The van der Waals surface area contributed by atoms with Crippen LogP contribution >= 0.6 is 23.6 Å². The summed E-state index contributed by atoms with van der Waals surface area (Å²) in [5.74, 6) is 0.0573. The van der Waals surface area contributed by atoms with Gasteiger partial charge in [-0.25, -0.2) is 8.42 Å². The van der Waals surface area contributed by atoms with Crippen molar-refractivity contribution in [2.24, 2.45) is 0 Å². The zero-order valence-corrected chi connectivity index (χ0v) is 23.8. The standard InChI is InChI=1S/C27H24N4O7S3/c32-23-10-9-20(17-24(23)33)38-25-4-2-1-3-21(25)22-11-16-40-26(22)41(36,37)30-14-12-29(13-15-30)27(39)28-18-5-7-19(8-6-18)31(34)35/h1-11,16-17,32-33H,12-15H2,(H,28,39). The summed E-state index contributed by atoms with van der Waals surface area (Å²) in [6.45, 7) is 1.16. The van der Waals surface area contributed by atoms with Gasteiger partial charge in [0.15, 0.2) is 16.6 Å². The van der Waals surface area contributed by atoms with Crippen LogP contribution in [0.3, 0.4) is 0 Å². The van der Waals surface area contributed by atoms with Crippen LogP contribution in [0.4, 0.5) is 11.4 Å². The molecule has 2 heterocycles. The first-order chi connectivity index (χ1) is 19.6. The van der Waals surface area contributed by atoms with Crippen molar-refractivity contribution in [2.75, 3.05) is 31.5 Å². The average Bonchev–Trinajstić information content (AvgIpc) is 3.47. The van der Waals surface area contributed by atoms with Crippen molar-refractivity contribution in [1.82, 2.24) is 9.21 Å². The number of hydrogen-bond donors (Lipinski definition) is 3. The highest BCUT2D eigenvalue weighted by molar-refractivity contribution is 7.91. The van der Waals surface area contributed by atoms with E-state index in [2.05, 4.69) is 5.32 Å². The van der Waals surface area contributed by atoms with E-state index in [0.717, 1.165) is 11.3 Å². The van der Waals surface area contributed by atoms with Crippen LogP contribution in [0, 0.1) is 10.1 Å². The van der Waals surface area contributed by atoms with Crippen LogP contribution in [0.5, 0.6) is 23.0 Å². The van der Waals surface area contributed by atoms with Crippen molar-refractivity contribution in [3.8, 4) is 34.1 Å². The number of nitro groups is 1. The summed E-state index contributed by atoms with van der Waals surface area (Å²) >= 11 is 6.61. The number of non-ortho nitro benzene ring substituents is 1. The van der Waals surface area contributed by atoms with E-state index in [1.807, 2.05) is 4.90 Å². The van der Waals surface area contributed by atoms with E-state index in [4.69, 9.17) is 17.0 Å². The van der Waals surface area contributed by atoms with Gasteiger partial charge in [0.25, 0.3) is 15.7 Å². The molecule has 0 bridgehead atoms. The number of phenolic OH excluding ortho intramolecular Hbond substituents is 2. The molecule has 5 rings (SSSR count). The van der Waals surface area contributed by atoms with E-state index in [-0.39, 0.29) is 40.2 Å². The smallest absolute Gasteiger partial charge is 0.269 e. The number of benzene rings is 3. The number of rotatable bonds is 7. The fourth-order valence-electron chi connectivity index (χ4n) is 4.28. The van der Waals surface area contributed by atoms with Crippen molar-refractivity contribution in [3.05, 3.63) is 88.3 Å². The van der Waals surface area contributed by atoms with Crippen LogP contribution in [0.25, 0.3) is 11.1 Å². The number of thiocarbonyl (C=S) groups is 1. The van der Waals surface area contributed by atoms with Gasteiger partial charge in [0.2, 0.25) is 0 Å². The Bertz CT molecular complexity index is 1700.